The van der Waals surface area contributed by atoms with Crippen molar-refractivity contribution in [1.29, 1.82) is 0 Å². The number of benzene rings is 1. The van der Waals surface area contributed by atoms with E-state index in [9.17, 15) is 4.79 Å². The molecule has 1 aromatic carbocycles. The average Bonchev–Trinajstić information content (AvgIpc) is 3.36. The molecule has 0 spiro atoms. The lowest BCUT2D eigenvalue weighted by Gasteiger charge is -2.10. The minimum atomic E-state index is -0.353. The van der Waals surface area contributed by atoms with Gasteiger partial charge in [-0.05, 0) is 36.6 Å². The van der Waals surface area contributed by atoms with Gasteiger partial charge in [-0.3, -0.25) is 4.79 Å². The molecular weight excluding hydrogens is 418 g/mol. The van der Waals surface area contributed by atoms with Gasteiger partial charge in [-0.1, -0.05) is 22.0 Å². The molecular formula is C17H12BrN5O2S. The molecule has 0 atom stereocenters. The first-order chi connectivity index (χ1) is 12.6. The van der Waals surface area contributed by atoms with Crippen LogP contribution in [0.15, 0.2) is 57.3 Å². The molecule has 4 rings (SSSR count). The summed E-state index contributed by atoms with van der Waals surface area (Å²) in [5, 5.41) is 8.93. The predicted molar refractivity (Wildman–Crippen MR) is 102 cm³/mol. The van der Waals surface area contributed by atoms with Crippen molar-refractivity contribution in [1.82, 2.24) is 19.7 Å². The lowest BCUT2D eigenvalue weighted by Crippen LogP contribution is -2.15. The zero-order chi connectivity index (χ0) is 18.1. The number of halogens is 1. The van der Waals surface area contributed by atoms with E-state index in [-0.39, 0.29) is 11.6 Å². The standard InChI is InChI=1S/C17H12BrN5O2S/c1-10-15(22-17(25-10)14-3-2-6-26-14)16(24)21-12-7-11(18)4-5-13(12)23-9-19-8-20-23/h2-9H,1H3,(H,21,24). The number of thiophene rings is 1. The first-order valence-electron chi connectivity index (χ1n) is 7.59. The van der Waals surface area contributed by atoms with E-state index in [4.69, 9.17) is 4.42 Å². The normalized spacial score (nSPS) is 10.8. The summed E-state index contributed by atoms with van der Waals surface area (Å²) in [7, 11) is 0. The third kappa shape index (κ3) is 3.18. The van der Waals surface area contributed by atoms with E-state index in [0.717, 1.165) is 9.35 Å². The van der Waals surface area contributed by atoms with Crippen LogP contribution >= 0.6 is 27.3 Å². The molecule has 0 aliphatic rings. The van der Waals surface area contributed by atoms with Crippen LogP contribution in [0.5, 0.6) is 0 Å². The number of hydrogen-bond donors (Lipinski definition) is 1. The van der Waals surface area contributed by atoms with Crippen molar-refractivity contribution in [2.75, 3.05) is 5.32 Å². The second-order valence-electron chi connectivity index (χ2n) is 5.36. The minimum Gasteiger partial charge on any atom is -0.440 e. The Bertz CT molecular complexity index is 1060. The van der Waals surface area contributed by atoms with Gasteiger partial charge in [0.25, 0.3) is 5.91 Å². The summed E-state index contributed by atoms with van der Waals surface area (Å²) in [6.07, 6.45) is 3.00. The highest BCUT2D eigenvalue weighted by Gasteiger charge is 2.20. The van der Waals surface area contributed by atoms with Crippen LogP contribution < -0.4 is 5.32 Å². The van der Waals surface area contributed by atoms with Crippen molar-refractivity contribution in [2.24, 2.45) is 0 Å². The number of hydrogen-bond acceptors (Lipinski definition) is 6. The fourth-order valence-electron chi connectivity index (χ4n) is 2.44. The maximum Gasteiger partial charge on any atom is 0.277 e. The van der Waals surface area contributed by atoms with E-state index in [1.807, 2.05) is 29.6 Å². The number of amides is 1. The Morgan fingerprint density at radius 1 is 1.35 bits per heavy atom. The molecule has 4 aromatic rings. The molecule has 0 aliphatic carbocycles. The van der Waals surface area contributed by atoms with E-state index in [0.29, 0.717) is 23.0 Å². The fourth-order valence-corrected chi connectivity index (χ4v) is 3.45. The number of oxazole rings is 1. The van der Waals surface area contributed by atoms with E-state index in [1.165, 1.54) is 17.7 Å². The summed E-state index contributed by atoms with van der Waals surface area (Å²) < 4.78 is 8.05. The third-order valence-electron chi connectivity index (χ3n) is 3.62. The topological polar surface area (TPSA) is 85.8 Å². The molecule has 0 unspecified atom stereocenters. The van der Waals surface area contributed by atoms with Gasteiger partial charge in [-0.25, -0.2) is 14.6 Å². The summed E-state index contributed by atoms with van der Waals surface area (Å²) in [6, 6.07) is 9.30. The van der Waals surface area contributed by atoms with Gasteiger partial charge in [-0.15, -0.1) is 11.3 Å². The van der Waals surface area contributed by atoms with Gasteiger partial charge in [0.05, 0.1) is 16.3 Å². The molecule has 26 heavy (non-hydrogen) atoms. The van der Waals surface area contributed by atoms with Crippen LogP contribution in [0.25, 0.3) is 16.5 Å². The molecule has 0 aliphatic heterocycles. The van der Waals surface area contributed by atoms with E-state index in [1.54, 1.807) is 24.0 Å². The number of rotatable bonds is 4. The van der Waals surface area contributed by atoms with Crippen molar-refractivity contribution < 1.29 is 9.21 Å². The predicted octanol–water partition coefficient (Wildman–Crippen LogP) is 4.31. The smallest absolute Gasteiger partial charge is 0.277 e. The number of nitrogens with one attached hydrogen (secondary N) is 1. The Hall–Kier alpha value is -2.78. The number of carbonyl (C=O) groups excluding carboxylic acids is 1. The van der Waals surface area contributed by atoms with Crippen molar-refractivity contribution in [3.8, 4) is 16.5 Å². The SMILES string of the molecule is Cc1oc(-c2cccs2)nc1C(=O)Nc1cc(Br)ccc1-n1cncn1. The Labute approximate surface area is 160 Å². The molecule has 1 amide bonds. The van der Waals surface area contributed by atoms with Gasteiger partial charge in [0.2, 0.25) is 5.89 Å². The summed E-state index contributed by atoms with van der Waals surface area (Å²) in [6.45, 7) is 1.72. The highest BCUT2D eigenvalue weighted by Crippen LogP contribution is 2.28. The Balaban J connectivity index is 1.66. The molecule has 0 radical (unpaired) electrons. The van der Waals surface area contributed by atoms with Crippen LogP contribution in [0.1, 0.15) is 16.2 Å². The maximum atomic E-state index is 12.8. The van der Waals surface area contributed by atoms with Crippen LogP contribution in [0, 0.1) is 6.92 Å². The lowest BCUT2D eigenvalue weighted by molar-refractivity contribution is 0.102. The van der Waals surface area contributed by atoms with E-state index < -0.39 is 0 Å². The summed E-state index contributed by atoms with van der Waals surface area (Å²) in [4.78, 5) is 21.9. The van der Waals surface area contributed by atoms with Crippen molar-refractivity contribution in [3.63, 3.8) is 0 Å². The van der Waals surface area contributed by atoms with Crippen LogP contribution in [-0.2, 0) is 0 Å². The van der Waals surface area contributed by atoms with E-state index in [2.05, 4.69) is 36.3 Å². The Morgan fingerprint density at radius 3 is 2.96 bits per heavy atom. The number of carbonyl (C=O) groups is 1. The van der Waals surface area contributed by atoms with Crippen molar-refractivity contribution in [2.45, 2.75) is 6.92 Å². The van der Waals surface area contributed by atoms with Gasteiger partial charge < -0.3 is 9.73 Å². The fraction of sp³-hybridized carbons (Fsp3) is 0.0588. The molecule has 9 heteroatoms. The van der Waals surface area contributed by atoms with Gasteiger partial charge in [0.1, 0.15) is 18.4 Å². The summed E-state index contributed by atoms with van der Waals surface area (Å²) >= 11 is 4.92. The molecule has 7 nitrogen and oxygen atoms in total. The quantitative estimate of drug-likeness (QED) is 0.522. The first-order valence-corrected chi connectivity index (χ1v) is 9.26. The maximum absolute atomic E-state index is 12.8. The Morgan fingerprint density at radius 2 is 2.23 bits per heavy atom. The second-order valence-corrected chi connectivity index (χ2v) is 7.22. The number of anilines is 1. The molecule has 0 bridgehead atoms. The zero-order valence-corrected chi connectivity index (χ0v) is 15.9. The summed E-state index contributed by atoms with van der Waals surface area (Å²) in [5.41, 5.74) is 1.52. The zero-order valence-electron chi connectivity index (χ0n) is 13.5. The average molecular weight is 430 g/mol. The van der Waals surface area contributed by atoms with Crippen LogP contribution in [-0.4, -0.2) is 25.7 Å². The Kier molecular flexibility index (Phi) is 4.39. The monoisotopic (exact) mass is 429 g/mol. The van der Waals surface area contributed by atoms with Crippen LogP contribution in [0.3, 0.4) is 0 Å². The molecule has 3 aromatic heterocycles. The number of aromatic nitrogens is 4. The highest BCUT2D eigenvalue weighted by atomic mass is 79.9. The highest BCUT2D eigenvalue weighted by molar-refractivity contribution is 9.10. The van der Waals surface area contributed by atoms with Gasteiger partial charge in [-0.2, -0.15) is 5.10 Å². The number of nitrogens with zero attached hydrogens (tertiary/aromatic N) is 4. The lowest BCUT2D eigenvalue weighted by atomic mass is 10.2. The third-order valence-corrected chi connectivity index (χ3v) is 4.97. The van der Waals surface area contributed by atoms with Gasteiger partial charge >= 0.3 is 0 Å². The van der Waals surface area contributed by atoms with E-state index >= 15 is 0 Å². The first kappa shape index (κ1) is 16.7. The molecule has 3 heterocycles. The van der Waals surface area contributed by atoms with Crippen LogP contribution in [0.2, 0.25) is 0 Å². The molecule has 130 valence electrons. The summed E-state index contributed by atoms with van der Waals surface area (Å²) in [5.74, 6) is 0.546. The second kappa shape index (κ2) is 6.85. The molecule has 0 saturated carbocycles. The number of aryl methyl sites for hydroxylation is 1. The van der Waals surface area contributed by atoms with Crippen molar-refractivity contribution >= 4 is 38.9 Å². The minimum absolute atomic E-state index is 0.248. The van der Waals surface area contributed by atoms with Gasteiger partial charge in [0.15, 0.2) is 5.69 Å². The molecule has 0 fully saturated rings. The molecule has 0 saturated heterocycles. The largest absolute Gasteiger partial charge is 0.440 e. The van der Waals surface area contributed by atoms with Crippen LogP contribution in [0.4, 0.5) is 5.69 Å². The van der Waals surface area contributed by atoms with Crippen molar-refractivity contribution in [3.05, 3.63) is 64.3 Å². The van der Waals surface area contributed by atoms with Gasteiger partial charge in [0, 0.05) is 4.47 Å². The molecule has 1 N–H and O–H groups in total.